The van der Waals surface area contributed by atoms with Crippen LogP contribution in [0.25, 0.3) is 21.9 Å². The second-order valence-electron chi connectivity index (χ2n) is 18.4. The molecule has 2 heterocycles. The highest BCUT2D eigenvalue weighted by atomic mass is 16.6. The van der Waals surface area contributed by atoms with Crippen LogP contribution in [-0.4, -0.2) is 56.7 Å². The van der Waals surface area contributed by atoms with Crippen molar-refractivity contribution in [3.63, 3.8) is 0 Å². The minimum absolute atomic E-state index is 0.0377. The number of ether oxygens (including phenoxy) is 3. The normalized spacial score (nSPS) is 18.5. The van der Waals surface area contributed by atoms with E-state index >= 15 is 0 Å². The quantitative estimate of drug-likeness (QED) is 0.0878. The SMILES string of the molecule is [C-]#[N+]c1c(C(=O)OC2C(C(C)(C)C)CC(C)CC2C(C)(C)C)c2nc(-c3ccc(Oc4ccccc4)c(NC(=O)C(C)(C)C)c3)[nH]n2c1OC(=O)N(CC=C)CC=C. The van der Waals surface area contributed by atoms with Gasteiger partial charge in [-0.25, -0.2) is 23.9 Å². The van der Waals surface area contributed by atoms with Gasteiger partial charge in [-0.1, -0.05) is 99.6 Å². The smallest absolute Gasteiger partial charge is 0.416 e. The summed E-state index contributed by atoms with van der Waals surface area (Å²) in [5.41, 5.74) is -0.481. The van der Waals surface area contributed by atoms with Crippen molar-refractivity contribution in [2.24, 2.45) is 34.0 Å². The topological polar surface area (TPSA) is 132 Å². The molecule has 2 amide bonds. The Labute approximate surface area is 342 Å². The molecule has 12 nitrogen and oxygen atoms in total. The molecular weight excluding hydrogens is 733 g/mol. The van der Waals surface area contributed by atoms with Crippen molar-refractivity contribution in [3.05, 3.63) is 90.8 Å². The molecule has 4 aromatic rings. The Hall–Kier alpha value is -5.83. The van der Waals surface area contributed by atoms with Crippen molar-refractivity contribution < 1.29 is 28.6 Å². The molecule has 0 saturated heterocycles. The third-order valence-electron chi connectivity index (χ3n) is 10.7. The van der Waals surface area contributed by atoms with Gasteiger partial charge in [0.25, 0.3) is 5.69 Å². The summed E-state index contributed by atoms with van der Waals surface area (Å²) in [5, 5.41) is 6.15. The lowest BCUT2D eigenvalue weighted by Gasteiger charge is -2.50. The number of aromatic amines is 1. The van der Waals surface area contributed by atoms with Gasteiger partial charge in [0.2, 0.25) is 11.8 Å². The molecule has 2 aromatic heterocycles. The molecule has 1 saturated carbocycles. The fraction of sp³-hybridized carbons (Fsp3) is 0.457. The second-order valence-corrected chi connectivity index (χ2v) is 18.4. The molecule has 2 N–H and O–H groups in total. The first kappa shape index (κ1) is 43.3. The van der Waals surface area contributed by atoms with E-state index in [1.165, 1.54) is 9.42 Å². The Morgan fingerprint density at radius 1 is 0.966 bits per heavy atom. The Morgan fingerprint density at radius 3 is 2.10 bits per heavy atom. The number of benzene rings is 2. The predicted molar refractivity (Wildman–Crippen MR) is 227 cm³/mol. The number of carbonyl (C=O) groups excluding carboxylic acids is 3. The highest BCUT2D eigenvalue weighted by molar-refractivity contribution is 6.05. The number of amides is 2. The molecule has 1 aliphatic carbocycles. The average Bonchev–Trinajstić information content (AvgIpc) is 3.69. The number of fused-ring (bicyclic) bond motifs is 1. The van der Waals surface area contributed by atoms with Crippen molar-refractivity contribution >= 4 is 35.0 Å². The maximum absolute atomic E-state index is 14.7. The van der Waals surface area contributed by atoms with E-state index in [9.17, 15) is 14.4 Å². The number of esters is 1. The maximum atomic E-state index is 14.7. The van der Waals surface area contributed by atoms with E-state index in [-0.39, 0.29) is 70.3 Å². The zero-order valence-corrected chi connectivity index (χ0v) is 35.6. The monoisotopic (exact) mass is 790 g/mol. The van der Waals surface area contributed by atoms with Gasteiger partial charge < -0.3 is 24.4 Å². The zero-order chi connectivity index (χ0) is 42.7. The van der Waals surface area contributed by atoms with Gasteiger partial charge in [0.15, 0.2) is 17.2 Å². The summed E-state index contributed by atoms with van der Waals surface area (Å²) < 4.78 is 20.0. The third-order valence-corrected chi connectivity index (χ3v) is 10.7. The number of hydrogen-bond donors (Lipinski definition) is 2. The molecule has 0 bridgehead atoms. The lowest BCUT2D eigenvalue weighted by molar-refractivity contribution is -0.123. The van der Waals surface area contributed by atoms with Gasteiger partial charge in [0, 0.05) is 35.9 Å². The molecule has 1 fully saturated rings. The van der Waals surface area contributed by atoms with Gasteiger partial charge in [-0.2, -0.15) is 0 Å². The number of carbonyl (C=O) groups is 3. The molecule has 0 aliphatic heterocycles. The maximum Gasteiger partial charge on any atom is 0.416 e. The molecular formula is C46H58N6O6. The van der Waals surface area contributed by atoms with Crippen molar-refractivity contribution in [2.75, 3.05) is 18.4 Å². The summed E-state index contributed by atoms with van der Waals surface area (Å²) >= 11 is 0. The van der Waals surface area contributed by atoms with Gasteiger partial charge in [-0.05, 0) is 59.9 Å². The summed E-state index contributed by atoms with van der Waals surface area (Å²) in [4.78, 5) is 51.6. The number of nitrogens with zero attached hydrogens (tertiary/aromatic N) is 4. The summed E-state index contributed by atoms with van der Waals surface area (Å²) in [6, 6.07) is 14.4. The fourth-order valence-corrected chi connectivity index (χ4v) is 7.51. The van der Waals surface area contributed by atoms with Gasteiger partial charge >= 0.3 is 12.1 Å². The first-order valence-corrected chi connectivity index (χ1v) is 19.8. The number of hydrogen-bond acceptors (Lipinski definition) is 7. The molecule has 12 heteroatoms. The minimum atomic E-state index is -0.781. The number of anilines is 1. The summed E-state index contributed by atoms with van der Waals surface area (Å²) in [6.45, 7) is 36.8. The largest absolute Gasteiger partial charge is 0.459 e. The molecule has 0 spiro atoms. The van der Waals surface area contributed by atoms with Gasteiger partial charge in [0.05, 0.1) is 12.3 Å². The van der Waals surface area contributed by atoms with E-state index in [0.29, 0.717) is 28.7 Å². The van der Waals surface area contributed by atoms with Gasteiger partial charge in [0.1, 0.15) is 17.4 Å². The van der Waals surface area contributed by atoms with Crippen molar-refractivity contribution in [3.8, 4) is 28.8 Å². The lowest BCUT2D eigenvalue weighted by Crippen LogP contribution is -2.49. The van der Waals surface area contributed by atoms with Crippen LogP contribution in [0.15, 0.2) is 73.8 Å². The van der Waals surface area contributed by atoms with Crippen LogP contribution >= 0.6 is 0 Å². The molecule has 2 aromatic carbocycles. The Bertz CT molecular complexity index is 2170. The van der Waals surface area contributed by atoms with E-state index < -0.39 is 23.6 Å². The average molecular weight is 791 g/mol. The first-order chi connectivity index (χ1) is 27.2. The fourth-order valence-electron chi connectivity index (χ4n) is 7.51. The number of aromatic nitrogens is 3. The standard InChI is InChI=1S/C46H58N6O6/c1-14-23-51(24-15-2)43(55)58-40-36(47-13)35(41(53)57-37-31(44(4,5)6)25-28(3)26-32(37)45(7,8)9)39-49-38(50-52(39)40)29-21-22-34(56-30-19-17-16-18-20-30)33(27-29)48-42(54)46(10,11)12/h14-22,27-28,31-32,37H,1-2,23-26H2,3-12H3,(H,48,54)(H,49,50). The number of H-pyrrole nitrogens is 1. The number of rotatable bonds is 11. The van der Waals surface area contributed by atoms with E-state index in [4.69, 9.17) is 25.8 Å². The number of para-hydroxylation sites is 1. The molecule has 58 heavy (non-hydrogen) atoms. The van der Waals surface area contributed by atoms with Crippen molar-refractivity contribution in [2.45, 2.75) is 88.2 Å². The Kier molecular flexibility index (Phi) is 12.7. The Morgan fingerprint density at radius 2 is 1.57 bits per heavy atom. The van der Waals surface area contributed by atoms with Gasteiger partial charge in [-0.3, -0.25) is 9.89 Å². The summed E-state index contributed by atoms with van der Waals surface area (Å²) in [5.74, 6) is 0.549. The van der Waals surface area contributed by atoms with Crippen molar-refractivity contribution in [1.29, 1.82) is 0 Å². The van der Waals surface area contributed by atoms with Crippen LogP contribution < -0.4 is 14.8 Å². The highest BCUT2D eigenvalue weighted by Crippen LogP contribution is 2.50. The first-order valence-electron chi connectivity index (χ1n) is 19.8. The highest BCUT2D eigenvalue weighted by Gasteiger charge is 2.48. The van der Waals surface area contributed by atoms with E-state index in [1.807, 2.05) is 51.1 Å². The Balaban J connectivity index is 1.68. The molecule has 0 radical (unpaired) electrons. The molecule has 2 atom stereocenters. The van der Waals surface area contributed by atoms with E-state index in [2.05, 4.69) is 76.9 Å². The van der Waals surface area contributed by atoms with Crippen LogP contribution in [0.2, 0.25) is 0 Å². The second kappa shape index (κ2) is 16.9. The predicted octanol–water partition coefficient (Wildman–Crippen LogP) is 11.1. The lowest BCUT2D eigenvalue weighted by atomic mass is 9.59. The minimum Gasteiger partial charge on any atom is -0.459 e. The number of nitrogens with one attached hydrogen (secondary N) is 2. The molecule has 308 valence electrons. The molecule has 5 rings (SSSR count). The van der Waals surface area contributed by atoms with E-state index in [0.717, 1.165) is 12.8 Å². The molecule has 2 unspecified atom stereocenters. The van der Waals surface area contributed by atoms with Crippen LogP contribution in [0.5, 0.6) is 17.4 Å². The van der Waals surface area contributed by atoms with Crippen LogP contribution in [0, 0.1) is 40.6 Å². The van der Waals surface area contributed by atoms with Crippen LogP contribution in [0.1, 0.15) is 92.4 Å². The van der Waals surface area contributed by atoms with Crippen LogP contribution in [0.4, 0.5) is 16.2 Å². The van der Waals surface area contributed by atoms with Crippen LogP contribution in [-0.2, 0) is 9.53 Å². The molecule has 1 aliphatic rings. The zero-order valence-electron chi connectivity index (χ0n) is 35.6. The third kappa shape index (κ3) is 9.47. The summed E-state index contributed by atoms with van der Waals surface area (Å²) in [6.07, 6.45) is 3.62. The van der Waals surface area contributed by atoms with Crippen LogP contribution in [0.3, 0.4) is 0 Å². The van der Waals surface area contributed by atoms with E-state index in [1.54, 1.807) is 30.4 Å². The van der Waals surface area contributed by atoms with Crippen molar-refractivity contribution in [1.82, 2.24) is 19.5 Å². The summed E-state index contributed by atoms with van der Waals surface area (Å²) in [7, 11) is 0. The van der Waals surface area contributed by atoms with Gasteiger partial charge in [-0.15, -0.1) is 13.2 Å².